The summed E-state index contributed by atoms with van der Waals surface area (Å²) >= 11 is 5.98. The average molecular weight is 336 g/mol. The molecule has 0 saturated carbocycles. The van der Waals surface area contributed by atoms with E-state index in [1.807, 2.05) is 25.6 Å². The van der Waals surface area contributed by atoms with Gasteiger partial charge in [-0.25, -0.2) is 0 Å². The van der Waals surface area contributed by atoms with Gasteiger partial charge >= 0.3 is 0 Å². The lowest BCUT2D eigenvalue weighted by Crippen LogP contribution is -2.27. The zero-order chi connectivity index (χ0) is 17.0. The van der Waals surface area contributed by atoms with E-state index in [4.69, 9.17) is 16.3 Å². The van der Waals surface area contributed by atoms with Crippen molar-refractivity contribution in [2.24, 2.45) is 7.05 Å². The number of aromatic nitrogens is 2. The Balaban J connectivity index is 1.92. The smallest absolute Gasteiger partial charge is 0.224 e. The van der Waals surface area contributed by atoms with Crippen molar-refractivity contribution in [2.75, 3.05) is 13.7 Å². The summed E-state index contributed by atoms with van der Waals surface area (Å²) < 4.78 is 7.12. The molecule has 0 radical (unpaired) electrons. The van der Waals surface area contributed by atoms with E-state index in [0.717, 1.165) is 23.4 Å². The summed E-state index contributed by atoms with van der Waals surface area (Å²) in [7, 11) is 3.51. The van der Waals surface area contributed by atoms with Gasteiger partial charge < -0.3 is 10.1 Å². The van der Waals surface area contributed by atoms with Crippen molar-refractivity contribution in [1.82, 2.24) is 15.1 Å². The second-order valence-electron chi connectivity index (χ2n) is 5.51. The van der Waals surface area contributed by atoms with Crippen LogP contribution in [0.2, 0.25) is 5.02 Å². The molecule has 0 aliphatic rings. The maximum Gasteiger partial charge on any atom is 0.224 e. The van der Waals surface area contributed by atoms with Gasteiger partial charge in [0, 0.05) is 29.9 Å². The molecule has 0 aliphatic heterocycles. The van der Waals surface area contributed by atoms with E-state index in [2.05, 4.69) is 10.4 Å². The molecule has 23 heavy (non-hydrogen) atoms. The molecule has 1 aromatic carbocycles. The number of methoxy groups -OCH3 is 1. The van der Waals surface area contributed by atoms with Gasteiger partial charge in [-0.05, 0) is 44.0 Å². The highest BCUT2D eigenvalue weighted by atomic mass is 35.5. The average Bonchev–Trinajstić information content (AvgIpc) is 2.73. The Morgan fingerprint density at radius 3 is 2.74 bits per heavy atom. The lowest BCUT2D eigenvalue weighted by molar-refractivity contribution is -0.120. The molecular formula is C17H22ClN3O2. The van der Waals surface area contributed by atoms with Crippen molar-refractivity contribution in [1.29, 1.82) is 0 Å². The zero-order valence-electron chi connectivity index (χ0n) is 13.9. The van der Waals surface area contributed by atoms with Crippen LogP contribution in [-0.4, -0.2) is 29.3 Å². The molecule has 0 spiro atoms. The summed E-state index contributed by atoms with van der Waals surface area (Å²) in [4.78, 5) is 12.1. The van der Waals surface area contributed by atoms with Crippen molar-refractivity contribution in [3.05, 3.63) is 45.7 Å². The third kappa shape index (κ3) is 4.26. The number of carbonyl (C=O) groups excluding carboxylic acids is 1. The van der Waals surface area contributed by atoms with Gasteiger partial charge in [-0.15, -0.1) is 0 Å². The minimum Gasteiger partial charge on any atom is -0.496 e. The molecule has 1 heterocycles. The van der Waals surface area contributed by atoms with Crippen LogP contribution in [0, 0.1) is 13.8 Å². The van der Waals surface area contributed by atoms with Gasteiger partial charge in [0.15, 0.2) is 0 Å². The van der Waals surface area contributed by atoms with E-state index in [1.54, 1.807) is 25.3 Å². The number of hydrogen-bond donors (Lipinski definition) is 1. The standard InChI is InChI=1S/C17H22ClN3O2/c1-11-15(12(2)21(3)20-11)7-8-19-17(22)10-13-9-14(18)5-6-16(13)23-4/h5-6,9H,7-8,10H2,1-4H3,(H,19,22). The van der Waals surface area contributed by atoms with Gasteiger partial charge in [0.2, 0.25) is 5.91 Å². The molecular weight excluding hydrogens is 314 g/mol. The van der Waals surface area contributed by atoms with E-state index >= 15 is 0 Å². The van der Waals surface area contributed by atoms with Crippen LogP contribution in [0.1, 0.15) is 22.5 Å². The molecule has 0 aliphatic carbocycles. The summed E-state index contributed by atoms with van der Waals surface area (Å²) in [6.07, 6.45) is 1.01. The summed E-state index contributed by atoms with van der Waals surface area (Å²) in [5.74, 6) is 0.619. The van der Waals surface area contributed by atoms with Gasteiger partial charge in [-0.2, -0.15) is 5.10 Å². The molecule has 6 heteroatoms. The van der Waals surface area contributed by atoms with Crippen LogP contribution < -0.4 is 10.1 Å². The highest BCUT2D eigenvalue weighted by molar-refractivity contribution is 6.30. The number of amides is 1. The summed E-state index contributed by atoms with van der Waals surface area (Å²) in [6, 6.07) is 5.28. The van der Waals surface area contributed by atoms with Gasteiger partial charge in [0.1, 0.15) is 5.75 Å². The molecule has 0 fully saturated rings. The molecule has 5 nitrogen and oxygen atoms in total. The number of nitrogens with zero attached hydrogens (tertiary/aromatic N) is 2. The lowest BCUT2D eigenvalue weighted by Gasteiger charge is -2.10. The number of carbonyl (C=O) groups is 1. The van der Waals surface area contributed by atoms with Gasteiger partial charge in [-0.3, -0.25) is 9.48 Å². The number of nitrogens with one attached hydrogen (secondary N) is 1. The van der Waals surface area contributed by atoms with E-state index in [1.165, 1.54) is 5.56 Å². The number of hydrogen-bond acceptors (Lipinski definition) is 3. The first-order valence-corrected chi connectivity index (χ1v) is 7.88. The van der Waals surface area contributed by atoms with E-state index in [-0.39, 0.29) is 12.3 Å². The predicted octanol–water partition coefficient (Wildman–Crippen LogP) is 2.60. The van der Waals surface area contributed by atoms with E-state index in [9.17, 15) is 4.79 Å². The highest BCUT2D eigenvalue weighted by Gasteiger charge is 2.11. The third-order valence-electron chi connectivity index (χ3n) is 3.95. The van der Waals surface area contributed by atoms with Gasteiger partial charge in [-0.1, -0.05) is 11.6 Å². The van der Waals surface area contributed by atoms with Crippen molar-refractivity contribution in [2.45, 2.75) is 26.7 Å². The van der Waals surface area contributed by atoms with Crippen LogP contribution in [0.3, 0.4) is 0 Å². The first kappa shape index (κ1) is 17.3. The second kappa shape index (κ2) is 7.51. The fourth-order valence-electron chi connectivity index (χ4n) is 2.63. The van der Waals surface area contributed by atoms with Crippen LogP contribution in [0.15, 0.2) is 18.2 Å². The zero-order valence-corrected chi connectivity index (χ0v) is 14.7. The minimum atomic E-state index is -0.0511. The molecule has 1 aromatic heterocycles. The van der Waals surface area contributed by atoms with Gasteiger partial charge in [0.25, 0.3) is 0 Å². The fraction of sp³-hybridized carbons (Fsp3) is 0.412. The molecule has 1 amide bonds. The van der Waals surface area contributed by atoms with Crippen LogP contribution in [0.5, 0.6) is 5.75 Å². The van der Waals surface area contributed by atoms with E-state index in [0.29, 0.717) is 17.3 Å². The molecule has 0 bridgehead atoms. The minimum absolute atomic E-state index is 0.0511. The predicted molar refractivity (Wildman–Crippen MR) is 91.1 cm³/mol. The van der Waals surface area contributed by atoms with Crippen LogP contribution in [0.25, 0.3) is 0 Å². The molecule has 0 saturated heterocycles. The van der Waals surface area contributed by atoms with Crippen LogP contribution in [-0.2, 0) is 24.7 Å². The van der Waals surface area contributed by atoms with Crippen LogP contribution in [0.4, 0.5) is 0 Å². The number of aryl methyl sites for hydroxylation is 2. The SMILES string of the molecule is COc1ccc(Cl)cc1CC(=O)NCCc1c(C)nn(C)c1C. The molecule has 0 atom stereocenters. The highest BCUT2D eigenvalue weighted by Crippen LogP contribution is 2.23. The topological polar surface area (TPSA) is 56.1 Å². The Morgan fingerprint density at radius 1 is 1.39 bits per heavy atom. The monoisotopic (exact) mass is 335 g/mol. The Labute approximate surface area is 141 Å². The summed E-state index contributed by atoms with van der Waals surface area (Å²) in [5, 5.41) is 7.91. The second-order valence-corrected chi connectivity index (χ2v) is 5.94. The Morgan fingerprint density at radius 2 is 2.13 bits per heavy atom. The Kier molecular flexibility index (Phi) is 5.66. The molecule has 0 unspecified atom stereocenters. The number of benzene rings is 1. The molecule has 124 valence electrons. The quantitative estimate of drug-likeness (QED) is 0.882. The summed E-state index contributed by atoms with van der Waals surface area (Å²) in [5.41, 5.74) is 4.11. The normalized spacial score (nSPS) is 10.7. The lowest BCUT2D eigenvalue weighted by atomic mass is 10.1. The van der Waals surface area contributed by atoms with Crippen molar-refractivity contribution in [3.8, 4) is 5.75 Å². The largest absolute Gasteiger partial charge is 0.496 e. The summed E-state index contributed by atoms with van der Waals surface area (Å²) in [6.45, 7) is 4.60. The number of ether oxygens (including phenoxy) is 1. The molecule has 2 rings (SSSR count). The van der Waals surface area contributed by atoms with Crippen LogP contribution >= 0.6 is 11.6 Å². The van der Waals surface area contributed by atoms with E-state index < -0.39 is 0 Å². The molecule has 1 N–H and O–H groups in total. The maximum absolute atomic E-state index is 12.1. The molecule has 2 aromatic rings. The Hall–Kier alpha value is -2.01. The maximum atomic E-state index is 12.1. The first-order valence-electron chi connectivity index (χ1n) is 7.50. The first-order chi connectivity index (χ1) is 10.9. The van der Waals surface area contributed by atoms with Gasteiger partial charge in [0.05, 0.1) is 19.2 Å². The van der Waals surface area contributed by atoms with Crippen molar-refractivity contribution in [3.63, 3.8) is 0 Å². The fourth-order valence-corrected chi connectivity index (χ4v) is 2.82. The number of halogens is 1. The van der Waals surface area contributed by atoms with Crippen molar-refractivity contribution < 1.29 is 9.53 Å². The third-order valence-corrected chi connectivity index (χ3v) is 4.18. The van der Waals surface area contributed by atoms with Crippen molar-refractivity contribution >= 4 is 17.5 Å². The Bertz CT molecular complexity index is 710. The number of rotatable bonds is 6.